The Bertz CT molecular complexity index is 523. The van der Waals surface area contributed by atoms with Crippen molar-refractivity contribution in [3.63, 3.8) is 0 Å². The number of carbonyl (C=O) groups is 1. The molecule has 3 rings (SSSR count). The van der Waals surface area contributed by atoms with Crippen LogP contribution in [0.15, 0.2) is 24.3 Å². The fraction of sp³-hybridized carbons (Fsp3) is 0.632. The van der Waals surface area contributed by atoms with Crippen LogP contribution in [0.5, 0.6) is 0 Å². The van der Waals surface area contributed by atoms with Crippen LogP contribution in [0.1, 0.15) is 30.4 Å². The SMILES string of the molecule is O=C(CC1CCNCC1)NCc1ccccc1CN1CCOCC1. The molecule has 5 nitrogen and oxygen atoms in total. The predicted molar refractivity (Wildman–Crippen MR) is 94.6 cm³/mol. The second-order valence-corrected chi connectivity index (χ2v) is 6.83. The van der Waals surface area contributed by atoms with Gasteiger partial charge in [0.05, 0.1) is 13.2 Å². The summed E-state index contributed by atoms with van der Waals surface area (Å²) >= 11 is 0. The van der Waals surface area contributed by atoms with Crippen molar-refractivity contribution in [3.05, 3.63) is 35.4 Å². The Hall–Kier alpha value is -1.43. The summed E-state index contributed by atoms with van der Waals surface area (Å²) in [5.74, 6) is 0.720. The molecule has 0 bridgehead atoms. The van der Waals surface area contributed by atoms with Crippen LogP contribution in [0.4, 0.5) is 0 Å². The van der Waals surface area contributed by atoms with E-state index in [4.69, 9.17) is 4.74 Å². The first-order chi connectivity index (χ1) is 11.8. The minimum Gasteiger partial charge on any atom is -0.379 e. The smallest absolute Gasteiger partial charge is 0.220 e. The molecule has 2 N–H and O–H groups in total. The van der Waals surface area contributed by atoms with Crippen molar-refractivity contribution in [3.8, 4) is 0 Å². The van der Waals surface area contributed by atoms with Gasteiger partial charge >= 0.3 is 0 Å². The summed E-state index contributed by atoms with van der Waals surface area (Å²) in [5, 5.41) is 6.47. The zero-order valence-corrected chi connectivity index (χ0v) is 14.4. The van der Waals surface area contributed by atoms with Gasteiger partial charge in [-0.2, -0.15) is 0 Å². The minimum atomic E-state index is 0.183. The number of hydrogen-bond donors (Lipinski definition) is 2. The molecular formula is C19H29N3O2. The molecule has 1 aromatic carbocycles. The minimum absolute atomic E-state index is 0.183. The number of benzene rings is 1. The third kappa shape index (κ3) is 5.30. The number of morpholine rings is 1. The van der Waals surface area contributed by atoms with E-state index >= 15 is 0 Å². The standard InChI is InChI=1S/C19H29N3O2/c23-19(13-16-5-7-20-8-6-16)21-14-17-3-1-2-4-18(17)15-22-9-11-24-12-10-22/h1-4,16,20H,5-15H2,(H,21,23). The molecule has 5 heteroatoms. The largest absolute Gasteiger partial charge is 0.379 e. The summed E-state index contributed by atoms with van der Waals surface area (Å²) in [4.78, 5) is 14.6. The Morgan fingerprint density at radius 2 is 1.88 bits per heavy atom. The third-order valence-corrected chi connectivity index (χ3v) is 5.02. The Balaban J connectivity index is 1.49. The van der Waals surface area contributed by atoms with E-state index in [0.29, 0.717) is 18.9 Å². The van der Waals surface area contributed by atoms with Crippen molar-refractivity contribution in [2.75, 3.05) is 39.4 Å². The van der Waals surface area contributed by atoms with E-state index in [2.05, 4.69) is 39.8 Å². The molecule has 2 aliphatic rings. The maximum Gasteiger partial charge on any atom is 0.220 e. The lowest BCUT2D eigenvalue weighted by Crippen LogP contribution is -2.36. The summed E-state index contributed by atoms with van der Waals surface area (Å²) in [6.45, 7) is 7.24. The highest BCUT2D eigenvalue weighted by atomic mass is 16.5. The predicted octanol–water partition coefficient (Wildman–Crippen LogP) is 1.52. The molecule has 1 aromatic rings. The van der Waals surface area contributed by atoms with Crippen molar-refractivity contribution >= 4 is 5.91 Å². The average molecular weight is 331 g/mol. The van der Waals surface area contributed by atoms with E-state index in [1.165, 1.54) is 11.1 Å². The topological polar surface area (TPSA) is 53.6 Å². The van der Waals surface area contributed by atoms with E-state index in [1.54, 1.807) is 0 Å². The van der Waals surface area contributed by atoms with Gasteiger partial charge in [0.1, 0.15) is 0 Å². The summed E-state index contributed by atoms with van der Waals surface area (Å²) in [6, 6.07) is 8.43. The molecular weight excluding hydrogens is 302 g/mol. The maximum atomic E-state index is 12.2. The molecule has 0 unspecified atom stereocenters. The van der Waals surface area contributed by atoms with E-state index < -0.39 is 0 Å². The first kappa shape index (κ1) is 17.4. The Labute approximate surface area is 144 Å². The molecule has 2 fully saturated rings. The van der Waals surface area contributed by atoms with E-state index in [9.17, 15) is 4.79 Å². The van der Waals surface area contributed by atoms with E-state index in [-0.39, 0.29) is 5.91 Å². The van der Waals surface area contributed by atoms with Crippen molar-refractivity contribution in [2.45, 2.75) is 32.4 Å². The van der Waals surface area contributed by atoms with Crippen LogP contribution in [0.2, 0.25) is 0 Å². The number of nitrogens with zero attached hydrogens (tertiary/aromatic N) is 1. The molecule has 1 amide bonds. The van der Waals surface area contributed by atoms with Crippen LogP contribution < -0.4 is 10.6 Å². The molecule has 2 heterocycles. The summed E-state index contributed by atoms with van der Waals surface area (Å²) in [7, 11) is 0. The van der Waals surface area contributed by atoms with Gasteiger partial charge in [-0.15, -0.1) is 0 Å². The number of amides is 1. The van der Waals surface area contributed by atoms with E-state index in [1.807, 2.05) is 0 Å². The van der Waals surface area contributed by atoms with Gasteiger partial charge in [0.25, 0.3) is 0 Å². The lowest BCUT2D eigenvalue weighted by molar-refractivity contribution is -0.122. The maximum absolute atomic E-state index is 12.2. The van der Waals surface area contributed by atoms with Crippen molar-refractivity contribution in [1.29, 1.82) is 0 Å². The fourth-order valence-electron chi connectivity index (χ4n) is 3.50. The Morgan fingerprint density at radius 3 is 2.62 bits per heavy atom. The highest BCUT2D eigenvalue weighted by Crippen LogP contribution is 2.16. The molecule has 0 atom stereocenters. The third-order valence-electron chi connectivity index (χ3n) is 5.02. The van der Waals surface area contributed by atoms with Crippen LogP contribution in [-0.4, -0.2) is 50.2 Å². The van der Waals surface area contributed by atoms with Crippen LogP contribution in [0.25, 0.3) is 0 Å². The lowest BCUT2D eigenvalue weighted by atomic mass is 9.94. The number of hydrogen-bond acceptors (Lipinski definition) is 4. The van der Waals surface area contributed by atoms with Gasteiger partial charge in [-0.25, -0.2) is 0 Å². The molecule has 0 aromatic heterocycles. The first-order valence-corrected chi connectivity index (χ1v) is 9.15. The highest BCUT2D eigenvalue weighted by Gasteiger charge is 2.17. The number of ether oxygens (including phenoxy) is 1. The van der Waals surface area contributed by atoms with Crippen molar-refractivity contribution in [2.24, 2.45) is 5.92 Å². The molecule has 0 saturated carbocycles. The van der Waals surface area contributed by atoms with Gasteiger partial charge < -0.3 is 15.4 Å². The molecule has 2 saturated heterocycles. The van der Waals surface area contributed by atoms with Crippen LogP contribution >= 0.6 is 0 Å². The molecule has 2 aliphatic heterocycles. The molecule has 0 spiro atoms. The zero-order chi connectivity index (χ0) is 16.6. The lowest BCUT2D eigenvalue weighted by Gasteiger charge is -2.27. The second kappa shape index (κ2) is 9.16. The highest BCUT2D eigenvalue weighted by molar-refractivity contribution is 5.76. The Morgan fingerprint density at radius 1 is 1.17 bits per heavy atom. The zero-order valence-electron chi connectivity index (χ0n) is 14.4. The Kier molecular flexibility index (Phi) is 6.64. The second-order valence-electron chi connectivity index (χ2n) is 6.83. The number of nitrogens with one attached hydrogen (secondary N) is 2. The van der Waals surface area contributed by atoms with Crippen molar-refractivity contribution in [1.82, 2.24) is 15.5 Å². The van der Waals surface area contributed by atoms with Gasteiger partial charge in [0.15, 0.2) is 0 Å². The monoisotopic (exact) mass is 331 g/mol. The van der Waals surface area contributed by atoms with E-state index in [0.717, 1.165) is 58.8 Å². The molecule has 132 valence electrons. The molecule has 0 aliphatic carbocycles. The van der Waals surface area contributed by atoms with Gasteiger partial charge in [-0.3, -0.25) is 9.69 Å². The summed E-state index contributed by atoms with van der Waals surface area (Å²) < 4.78 is 5.42. The van der Waals surface area contributed by atoms with Crippen LogP contribution in [0, 0.1) is 5.92 Å². The number of rotatable bonds is 6. The van der Waals surface area contributed by atoms with Gasteiger partial charge in [-0.05, 0) is 43.0 Å². The van der Waals surface area contributed by atoms with Gasteiger partial charge in [0, 0.05) is 32.6 Å². The molecule has 24 heavy (non-hydrogen) atoms. The summed E-state index contributed by atoms with van der Waals surface area (Å²) in [5.41, 5.74) is 2.53. The van der Waals surface area contributed by atoms with Crippen molar-refractivity contribution < 1.29 is 9.53 Å². The summed E-state index contributed by atoms with van der Waals surface area (Å²) in [6.07, 6.45) is 2.88. The molecule has 0 radical (unpaired) electrons. The van der Waals surface area contributed by atoms with Gasteiger partial charge in [0.2, 0.25) is 5.91 Å². The quantitative estimate of drug-likeness (QED) is 0.830. The number of carbonyl (C=O) groups excluding carboxylic acids is 1. The average Bonchev–Trinajstić information content (AvgIpc) is 2.63. The fourth-order valence-corrected chi connectivity index (χ4v) is 3.50. The van der Waals surface area contributed by atoms with Crippen LogP contribution in [-0.2, 0) is 22.6 Å². The van der Waals surface area contributed by atoms with Gasteiger partial charge in [-0.1, -0.05) is 24.3 Å². The van der Waals surface area contributed by atoms with Crippen LogP contribution in [0.3, 0.4) is 0 Å². The number of piperidine rings is 1. The normalized spacial score (nSPS) is 20.0. The first-order valence-electron chi connectivity index (χ1n) is 9.15.